The summed E-state index contributed by atoms with van der Waals surface area (Å²) in [5, 5.41) is 0. The molecule has 15 heavy (non-hydrogen) atoms. The van der Waals surface area contributed by atoms with Crippen molar-refractivity contribution in [2.24, 2.45) is 0 Å². The molecule has 0 aliphatic carbocycles. The van der Waals surface area contributed by atoms with E-state index in [1.807, 2.05) is 0 Å². The highest BCUT2D eigenvalue weighted by molar-refractivity contribution is 9.11. The second-order valence-electron chi connectivity index (χ2n) is 2.61. The third-order valence-corrected chi connectivity index (χ3v) is 3.21. The largest absolute Gasteiger partial charge is 0.469 e. The molecule has 1 aromatic heterocycles. The Morgan fingerprint density at radius 3 is 2.53 bits per heavy atom. The molecule has 6 heteroatoms. The van der Waals surface area contributed by atoms with Gasteiger partial charge in [-0.05, 0) is 28.1 Å². The standard InChI is InChI=1S/C9H7BrO4S/c1-14-8(12)4-5(11)9(13)6-2-3-7(10)15-6/h2-3H,4H2,1H3. The second-order valence-corrected chi connectivity index (χ2v) is 5.07. The lowest BCUT2D eigenvalue weighted by molar-refractivity contribution is -0.142. The van der Waals surface area contributed by atoms with E-state index in [4.69, 9.17) is 0 Å². The Balaban J connectivity index is 2.69. The lowest BCUT2D eigenvalue weighted by atomic mass is 10.2. The number of carbonyl (C=O) groups excluding carboxylic acids is 3. The molecule has 0 aromatic carbocycles. The molecule has 0 aliphatic rings. The molecule has 0 atom stereocenters. The minimum Gasteiger partial charge on any atom is -0.469 e. The van der Waals surface area contributed by atoms with Crippen LogP contribution in [0.3, 0.4) is 0 Å². The zero-order valence-corrected chi connectivity index (χ0v) is 10.2. The molecule has 0 bridgehead atoms. The van der Waals surface area contributed by atoms with Crippen LogP contribution in [0.1, 0.15) is 16.1 Å². The summed E-state index contributed by atoms with van der Waals surface area (Å²) in [7, 11) is 1.17. The molecule has 0 radical (unpaired) electrons. The van der Waals surface area contributed by atoms with E-state index in [1.54, 1.807) is 6.07 Å². The zero-order valence-electron chi connectivity index (χ0n) is 7.78. The molecule has 0 fully saturated rings. The summed E-state index contributed by atoms with van der Waals surface area (Å²) in [5.41, 5.74) is 0. The fraction of sp³-hybridized carbons (Fsp3) is 0.222. The molecular formula is C9H7BrO4S. The van der Waals surface area contributed by atoms with Gasteiger partial charge in [-0.1, -0.05) is 0 Å². The summed E-state index contributed by atoms with van der Waals surface area (Å²) >= 11 is 4.33. The van der Waals surface area contributed by atoms with Crippen molar-refractivity contribution >= 4 is 44.8 Å². The minimum atomic E-state index is -0.754. The molecule has 0 unspecified atom stereocenters. The van der Waals surface area contributed by atoms with E-state index in [0.717, 1.165) is 15.1 Å². The minimum absolute atomic E-state index is 0.316. The topological polar surface area (TPSA) is 60.4 Å². The smallest absolute Gasteiger partial charge is 0.313 e. The van der Waals surface area contributed by atoms with E-state index < -0.39 is 24.0 Å². The van der Waals surface area contributed by atoms with Gasteiger partial charge in [0.15, 0.2) is 0 Å². The van der Waals surface area contributed by atoms with Crippen LogP contribution in [0, 0.1) is 0 Å². The number of thiophene rings is 1. The monoisotopic (exact) mass is 290 g/mol. The maximum atomic E-state index is 11.4. The normalized spacial score (nSPS) is 9.73. The highest BCUT2D eigenvalue weighted by Gasteiger charge is 2.21. The van der Waals surface area contributed by atoms with Crippen molar-refractivity contribution in [3.05, 3.63) is 20.8 Å². The van der Waals surface area contributed by atoms with Gasteiger partial charge in [0.2, 0.25) is 11.6 Å². The zero-order chi connectivity index (χ0) is 11.4. The van der Waals surface area contributed by atoms with Crippen LogP contribution in [-0.2, 0) is 14.3 Å². The van der Waals surface area contributed by atoms with Crippen molar-refractivity contribution in [3.8, 4) is 0 Å². The number of carbonyl (C=O) groups is 3. The van der Waals surface area contributed by atoms with Crippen molar-refractivity contribution in [1.29, 1.82) is 0 Å². The van der Waals surface area contributed by atoms with Crippen molar-refractivity contribution in [2.45, 2.75) is 6.42 Å². The maximum absolute atomic E-state index is 11.4. The lowest BCUT2D eigenvalue weighted by Gasteiger charge is -1.96. The van der Waals surface area contributed by atoms with Gasteiger partial charge in [0.25, 0.3) is 0 Å². The van der Waals surface area contributed by atoms with Crippen molar-refractivity contribution < 1.29 is 19.1 Å². The van der Waals surface area contributed by atoms with E-state index in [9.17, 15) is 14.4 Å². The fourth-order valence-electron chi connectivity index (χ4n) is 0.857. The van der Waals surface area contributed by atoms with Crippen LogP contribution in [0.25, 0.3) is 0 Å². The van der Waals surface area contributed by atoms with Crippen LogP contribution < -0.4 is 0 Å². The Bertz CT molecular complexity index is 410. The summed E-state index contributed by atoms with van der Waals surface area (Å²) in [6, 6.07) is 3.20. The number of rotatable bonds is 4. The van der Waals surface area contributed by atoms with E-state index in [1.165, 1.54) is 13.2 Å². The highest BCUT2D eigenvalue weighted by Crippen LogP contribution is 2.22. The van der Waals surface area contributed by atoms with Gasteiger partial charge < -0.3 is 4.74 Å². The molecule has 0 saturated heterocycles. The van der Waals surface area contributed by atoms with Gasteiger partial charge >= 0.3 is 5.97 Å². The number of esters is 1. The van der Waals surface area contributed by atoms with E-state index in [-0.39, 0.29) is 0 Å². The van der Waals surface area contributed by atoms with E-state index >= 15 is 0 Å². The van der Waals surface area contributed by atoms with Crippen LogP contribution >= 0.6 is 27.3 Å². The average Bonchev–Trinajstić information content (AvgIpc) is 2.63. The molecule has 80 valence electrons. The van der Waals surface area contributed by atoms with Crippen molar-refractivity contribution in [1.82, 2.24) is 0 Å². The predicted molar refractivity (Wildman–Crippen MR) is 58.0 cm³/mol. The first kappa shape index (κ1) is 12.1. The highest BCUT2D eigenvalue weighted by atomic mass is 79.9. The average molecular weight is 291 g/mol. The summed E-state index contributed by atoms with van der Waals surface area (Å²) < 4.78 is 5.06. The van der Waals surface area contributed by atoms with Gasteiger partial charge in [-0.3, -0.25) is 14.4 Å². The van der Waals surface area contributed by atoms with Crippen molar-refractivity contribution in [3.63, 3.8) is 0 Å². The Labute approximate surface area is 98.4 Å². The quantitative estimate of drug-likeness (QED) is 0.367. The van der Waals surface area contributed by atoms with Crippen LogP contribution in [0.4, 0.5) is 0 Å². The molecule has 0 saturated carbocycles. The SMILES string of the molecule is COC(=O)CC(=O)C(=O)c1ccc(Br)s1. The Morgan fingerprint density at radius 1 is 1.40 bits per heavy atom. The molecule has 4 nitrogen and oxygen atoms in total. The van der Waals surface area contributed by atoms with Gasteiger partial charge in [0.05, 0.1) is 15.8 Å². The maximum Gasteiger partial charge on any atom is 0.313 e. The van der Waals surface area contributed by atoms with Gasteiger partial charge in [-0.2, -0.15) is 0 Å². The molecule has 0 N–H and O–H groups in total. The summed E-state index contributed by atoms with van der Waals surface area (Å²) in [6.07, 6.45) is -0.509. The van der Waals surface area contributed by atoms with Crippen molar-refractivity contribution in [2.75, 3.05) is 7.11 Å². The second kappa shape index (κ2) is 5.18. The van der Waals surface area contributed by atoms with E-state index in [0.29, 0.717) is 4.88 Å². The first-order chi connectivity index (χ1) is 7.04. The van der Waals surface area contributed by atoms with Crippen LogP contribution in [0.5, 0.6) is 0 Å². The Hall–Kier alpha value is -1.01. The summed E-state index contributed by atoms with van der Waals surface area (Å²) in [5.74, 6) is -2.11. The molecule has 1 rings (SSSR count). The Kier molecular flexibility index (Phi) is 4.16. The number of Topliss-reactive ketones (excluding diaryl/α,β-unsaturated/α-hetero) is 2. The third kappa shape index (κ3) is 3.24. The number of ether oxygens (including phenoxy) is 1. The molecular weight excluding hydrogens is 284 g/mol. The molecule has 0 amide bonds. The van der Waals surface area contributed by atoms with Crippen LogP contribution in [-0.4, -0.2) is 24.6 Å². The lowest BCUT2D eigenvalue weighted by Crippen LogP contribution is -2.17. The molecule has 1 heterocycles. The Morgan fingerprint density at radius 2 is 2.07 bits per heavy atom. The van der Waals surface area contributed by atoms with Crippen LogP contribution in [0.15, 0.2) is 15.9 Å². The molecule has 1 aromatic rings. The molecule has 0 spiro atoms. The summed E-state index contributed by atoms with van der Waals surface area (Å²) in [6.45, 7) is 0. The fourth-order valence-corrected chi connectivity index (χ4v) is 2.20. The van der Waals surface area contributed by atoms with Gasteiger partial charge in [0, 0.05) is 0 Å². The van der Waals surface area contributed by atoms with Gasteiger partial charge in [-0.15, -0.1) is 11.3 Å². The predicted octanol–water partition coefficient (Wildman–Crippen LogP) is 1.83. The van der Waals surface area contributed by atoms with E-state index in [2.05, 4.69) is 20.7 Å². The number of methoxy groups -OCH3 is 1. The van der Waals surface area contributed by atoms with Gasteiger partial charge in [-0.25, -0.2) is 0 Å². The first-order valence-corrected chi connectivity index (χ1v) is 5.55. The van der Waals surface area contributed by atoms with Gasteiger partial charge in [0.1, 0.15) is 6.42 Å². The number of hydrogen-bond acceptors (Lipinski definition) is 5. The third-order valence-electron chi connectivity index (χ3n) is 1.58. The van der Waals surface area contributed by atoms with Crippen LogP contribution in [0.2, 0.25) is 0 Å². The summed E-state index contributed by atoms with van der Waals surface area (Å²) in [4.78, 5) is 33.8. The molecule has 0 aliphatic heterocycles. The number of halogens is 1. The number of ketones is 2. The number of hydrogen-bond donors (Lipinski definition) is 0. The first-order valence-electron chi connectivity index (χ1n) is 3.94.